The van der Waals surface area contributed by atoms with Crippen molar-refractivity contribution in [1.29, 1.82) is 0 Å². The number of nitrogens with zero attached hydrogens (tertiary/aromatic N) is 1. The lowest BCUT2D eigenvalue weighted by Gasteiger charge is -2.15. The predicted molar refractivity (Wildman–Crippen MR) is 107 cm³/mol. The second-order valence-corrected chi connectivity index (χ2v) is 6.76. The molecule has 2 aromatic carbocycles. The van der Waals surface area contributed by atoms with Crippen molar-refractivity contribution in [2.45, 2.75) is 39.2 Å². The molecule has 2 aromatic rings. The highest BCUT2D eigenvalue weighted by atomic mass is 16.5. The third kappa shape index (κ3) is 4.68. The third-order valence-electron chi connectivity index (χ3n) is 4.70. The van der Waals surface area contributed by atoms with Gasteiger partial charge in [-0.05, 0) is 55.3 Å². The van der Waals surface area contributed by atoms with E-state index >= 15 is 0 Å². The van der Waals surface area contributed by atoms with Gasteiger partial charge in [0.25, 0.3) is 5.91 Å². The summed E-state index contributed by atoms with van der Waals surface area (Å²) >= 11 is 0. The molecule has 1 N–H and O–H groups in total. The Hall–Kier alpha value is -3.48. The molecular weight excluding hydrogens is 372 g/mol. The van der Waals surface area contributed by atoms with E-state index in [0.29, 0.717) is 11.4 Å². The minimum Gasteiger partial charge on any atom is -0.449 e. The summed E-state index contributed by atoms with van der Waals surface area (Å²) in [4.78, 5) is 49.2. The fraction of sp³-hybridized carbons (Fsp3) is 0.273. The van der Waals surface area contributed by atoms with Crippen LogP contribution in [-0.4, -0.2) is 29.8 Å². The minimum atomic E-state index is -0.991. The van der Waals surface area contributed by atoms with Crippen molar-refractivity contribution in [2.75, 3.05) is 10.2 Å². The molecule has 0 saturated carbocycles. The fourth-order valence-corrected chi connectivity index (χ4v) is 2.96. The number of benzene rings is 2. The molecule has 150 valence electrons. The number of nitrogens with one attached hydrogen (secondary N) is 1. The van der Waals surface area contributed by atoms with Gasteiger partial charge in [-0.3, -0.25) is 19.3 Å². The van der Waals surface area contributed by atoms with Crippen LogP contribution in [0.2, 0.25) is 0 Å². The van der Waals surface area contributed by atoms with E-state index in [-0.39, 0.29) is 30.2 Å². The van der Waals surface area contributed by atoms with E-state index < -0.39 is 18.0 Å². The Kier molecular flexibility index (Phi) is 6.07. The first-order chi connectivity index (χ1) is 13.9. The number of carbonyl (C=O) groups excluding carboxylic acids is 4. The Bertz CT molecular complexity index is 919. The molecule has 0 aromatic heterocycles. The molecule has 0 unspecified atom stereocenters. The molecule has 1 aliphatic heterocycles. The van der Waals surface area contributed by atoms with Gasteiger partial charge in [0.05, 0.1) is 11.3 Å². The molecule has 1 aliphatic rings. The van der Waals surface area contributed by atoms with Gasteiger partial charge in [-0.15, -0.1) is 0 Å². The van der Waals surface area contributed by atoms with E-state index in [1.807, 2.05) is 19.1 Å². The van der Waals surface area contributed by atoms with Crippen molar-refractivity contribution < 1.29 is 23.9 Å². The van der Waals surface area contributed by atoms with E-state index in [1.165, 1.54) is 31.2 Å². The summed E-state index contributed by atoms with van der Waals surface area (Å²) < 4.78 is 5.22. The van der Waals surface area contributed by atoms with Crippen LogP contribution in [0, 0.1) is 0 Å². The van der Waals surface area contributed by atoms with Crippen LogP contribution < -0.4 is 10.2 Å². The number of carbonyl (C=O) groups is 4. The lowest BCUT2D eigenvalue weighted by atomic mass is 10.1. The number of rotatable bonds is 6. The highest BCUT2D eigenvalue weighted by Crippen LogP contribution is 2.23. The Balaban J connectivity index is 1.59. The third-order valence-corrected chi connectivity index (χ3v) is 4.70. The summed E-state index contributed by atoms with van der Waals surface area (Å²) in [7, 11) is 0. The maximum atomic E-state index is 12.3. The molecule has 0 radical (unpaired) electrons. The number of hydrogen-bond donors (Lipinski definition) is 1. The molecule has 3 amide bonds. The van der Waals surface area contributed by atoms with E-state index in [1.54, 1.807) is 12.1 Å². The normalized spacial score (nSPS) is 14.6. The zero-order valence-corrected chi connectivity index (χ0v) is 16.3. The monoisotopic (exact) mass is 394 g/mol. The number of esters is 1. The average molecular weight is 394 g/mol. The van der Waals surface area contributed by atoms with Crippen molar-refractivity contribution in [1.82, 2.24) is 0 Å². The van der Waals surface area contributed by atoms with Gasteiger partial charge in [0.2, 0.25) is 11.8 Å². The number of anilines is 2. The van der Waals surface area contributed by atoms with Crippen LogP contribution in [0.4, 0.5) is 11.4 Å². The first-order valence-corrected chi connectivity index (χ1v) is 9.45. The van der Waals surface area contributed by atoms with Crippen LogP contribution in [0.25, 0.3) is 0 Å². The van der Waals surface area contributed by atoms with Crippen LogP contribution >= 0.6 is 0 Å². The van der Waals surface area contributed by atoms with E-state index in [0.717, 1.165) is 16.9 Å². The Morgan fingerprint density at radius 2 is 1.59 bits per heavy atom. The Labute approximate surface area is 168 Å². The standard InChI is InChI=1S/C22H22N2O5/c1-3-15-4-8-17(9-5-15)23-21(27)14(2)29-22(28)16-6-10-18(11-7-16)24-19(25)12-13-20(24)26/h4-11,14H,3,12-13H2,1-2H3,(H,23,27)/t14-/m1/s1. The summed E-state index contributed by atoms with van der Waals surface area (Å²) in [5, 5.41) is 2.71. The molecule has 1 atom stereocenters. The summed E-state index contributed by atoms with van der Waals surface area (Å²) in [5.74, 6) is -1.63. The number of hydrogen-bond acceptors (Lipinski definition) is 5. The minimum absolute atomic E-state index is 0.191. The highest BCUT2D eigenvalue weighted by Gasteiger charge is 2.30. The SMILES string of the molecule is CCc1ccc(NC(=O)[C@@H](C)OC(=O)c2ccc(N3C(=O)CCC3=O)cc2)cc1. The number of amides is 3. The van der Waals surface area contributed by atoms with Gasteiger partial charge in [-0.25, -0.2) is 4.79 Å². The predicted octanol–water partition coefficient (Wildman–Crippen LogP) is 3.09. The molecule has 1 fully saturated rings. The fourth-order valence-electron chi connectivity index (χ4n) is 2.96. The van der Waals surface area contributed by atoms with Crippen LogP contribution in [0.3, 0.4) is 0 Å². The zero-order chi connectivity index (χ0) is 21.0. The van der Waals surface area contributed by atoms with E-state index in [9.17, 15) is 19.2 Å². The molecule has 1 heterocycles. The van der Waals surface area contributed by atoms with Gasteiger partial charge in [-0.2, -0.15) is 0 Å². The van der Waals surface area contributed by atoms with Gasteiger partial charge >= 0.3 is 5.97 Å². The maximum Gasteiger partial charge on any atom is 0.338 e. The molecule has 1 saturated heterocycles. The maximum absolute atomic E-state index is 12.3. The van der Waals surface area contributed by atoms with Gasteiger partial charge in [0, 0.05) is 18.5 Å². The number of imide groups is 1. The van der Waals surface area contributed by atoms with Crippen LogP contribution in [0.1, 0.15) is 42.6 Å². The van der Waals surface area contributed by atoms with Gasteiger partial charge < -0.3 is 10.1 Å². The van der Waals surface area contributed by atoms with Gasteiger partial charge in [-0.1, -0.05) is 19.1 Å². The molecule has 3 rings (SSSR count). The lowest BCUT2D eigenvalue weighted by molar-refractivity contribution is -0.124. The van der Waals surface area contributed by atoms with Crippen molar-refractivity contribution in [3.05, 3.63) is 59.7 Å². The van der Waals surface area contributed by atoms with E-state index in [2.05, 4.69) is 5.32 Å². The summed E-state index contributed by atoms with van der Waals surface area (Å²) in [5.41, 5.74) is 2.41. The number of ether oxygens (including phenoxy) is 1. The van der Waals surface area contributed by atoms with Gasteiger partial charge in [0.15, 0.2) is 6.10 Å². The van der Waals surface area contributed by atoms with Crippen molar-refractivity contribution in [3.63, 3.8) is 0 Å². The topological polar surface area (TPSA) is 92.8 Å². The zero-order valence-electron chi connectivity index (χ0n) is 16.3. The quantitative estimate of drug-likeness (QED) is 0.600. The second-order valence-electron chi connectivity index (χ2n) is 6.76. The summed E-state index contributed by atoms with van der Waals surface area (Å²) in [6, 6.07) is 13.4. The smallest absolute Gasteiger partial charge is 0.338 e. The number of aryl methyl sites for hydroxylation is 1. The Morgan fingerprint density at radius 1 is 1.00 bits per heavy atom. The molecule has 29 heavy (non-hydrogen) atoms. The van der Waals surface area contributed by atoms with Crippen molar-refractivity contribution >= 4 is 35.1 Å². The van der Waals surface area contributed by atoms with Crippen LogP contribution in [-0.2, 0) is 25.5 Å². The molecular formula is C22H22N2O5. The molecule has 0 spiro atoms. The van der Waals surface area contributed by atoms with Gasteiger partial charge in [0.1, 0.15) is 0 Å². The van der Waals surface area contributed by atoms with Crippen molar-refractivity contribution in [3.8, 4) is 0 Å². The first-order valence-electron chi connectivity index (χ1n) is 9.45. The van der Waals surface area contributed by atoms with Crippen molar-refractivity contribution in [2.24, 2.45) is 0 Å². The molecule has 0 aliphatic carbocycles. The molecule has 0 bridgehead atoms. The van der Waals surface area contributed by atoms with Crippen LogP contribution in [0.5, 0.6) is 0 Å². The molecule has 7 heteroatoms. The highest BCUT2D eigenvalue weighted by molar-refractivity contribution is 6.19. The average Bonchev–Trinajstić information content (AvgIpc) is 3.06. The largest absolute Gasteiger partial charge is 0.449 e. The second kappa shape index (κ2) is 8.68. The van der Waals surface area contributed by atoms with Crippen LogP contribution in [0.15, 0.2) is 48.5 Å². The van der Waals surface area contributed by atoms with E-state index in [4.69, 9.17) is 4.74 Å². The first kappa shape index (κ1) is 20.3. The summed E-state index contributed by atoms with van der Waals surface area (Å²) in [6.07, 6.45) is 0.295. The molecule has 7 nitrogen and oxygen atoms in total. The Morgan fingerprint density at radius 3 is 2.14 bits per heavy atom. The summed E-state index contributed by atoms with van der Waals surface area (Å²) in [6.45, 7) is 3.53. The lowest BCUT2D eigenvalue weighted by Crippen LogP contribution is -2.30.